The second-order valence-corrected chi connectivity index (χ2v) is 9.34. The SMILES string of the molecule is CSC1(C)C(=O)Nc2ccc(F)c(NC(=O)C3=C(C(N)=O)C(I)CCC3)c21. The van der Waals surface area contributed by atoms with Gasteiger partial charge in [0.1, 0.15) is 10.6 Å². The van der Waals surface area contributed by atoms with Crippen molar-refractivity contribution in [3.8, 4) is 0 Å². The number of hydrogen-bond acceptors (Lipinski definition) is 4. The first-order valence-corrected chi connectivity index (χ1v) is 10.9. The summed E-state index contributed by atoms with van der Waals surface area (Å²) in [7, 11) is 0. The lowest BCUT2D eigenvalue weighted by Crippen LogP contribution is -2.31. The molecule has 2 atom stereocenters. The van der Waals surface area contributed by atoms with E-state index in [9.17, 15) is 18.8 Å². The van der Waals surface area contributed by atoms with E-state index < -0.39 is 22.4 Å². The Morgan fingerprint density at radius 3 is 2.78 bits per heavy atom. The van der Waals surface area contributed by atoms with Gasteiger partial charge in [-0.2, -0.15) is 0 Å². The summed E-state index contributed by atoms with van der Waals surface area (Å²) in [5, 5.41) is 5.34. The van der Waals surface area contributed by atoms with Gasteiger partial charge in [0.25, 0.3) is 5.91 Å². The molecule has 3 amide bonds. The molecule has 0 aromatic heterocycles. The van der Waals surface area contributed by atoms with Gasteiger partial charge in [-0.05, 0) is 44.6 Å². The molecular formula is C18H19FIN3O3S. The molecule has 144 valence electrons. The van der Waals surface area contributed by atoms with E-state index in [1.54, 1.807) is 13.2 Å². The van der Waals surface area contributed by atoms with E-state index >= 15 is 0 Å². The van der Waals surface area contributed by atoms with Crippen LogP contribution in [0.25, 0.3) is 0 Å². The third kappa shape index (κ3) is 3.35. The number of carbonyl (C=O) groups excluding carboxylic acids is 3. The number of primary amides is 1. The van der Waals surface area contributed by atoms with Crippen LogP contribution in [0.3, 0.4) is 0 Å². The molecule has 1 aromatic rings. The molecule has 0 spiro atoms. The molecule has 2 unspecified atom stereocenters. The first-order chi connectivity index (χ1) is 12.7. The number of carbonyl (C=O) groups is 3. The van der Waals surface area contributed by atoms with Crippen molar-refractivity contribution in [2.45, 2.75) is 34.9 Å². The summed E-state index contributed by atoms with van der Waals surface area (Å²) in [6, 6.07) is 2.68. The van der Waals surface area contributed by atoms with Crippen molar-refractivity contribution in [1.82, 2.24) is 0 Å². The molecule has 1 aliphatic heterocycles. The molecule has 0 radical (unpaired) electrons. The summed E-state index contributed by atoms with van der Waals surface area (Å²) in [6.07, 6.45) is 3.65. The van der Waals surface area contributed by atoms with Crippen LogP contribution in [-0.2, 0) is 19.1 Å². The zero-order chi connectivity index (χ0) is 19.9. The molecule has 6 nitrogen and oxygen atoms in total. The zero-order valence-electron chi connectivity index (χ0n) is 14.8. The Balaban J connectivity index is 2.06. The monoisotopic (exact) mass is 503 g/mol. The molecule has 9 heteroatoms. The molecule has 1 aromatic carbocycles. The standard InChI is InChI=1S/C18H19FIN3O3S/c1-18(27-2)13-11(22-17(18)26)7-6-9(19)14(13)23-16(25)8-4-3-5-10(20)12(8)15(21)24/h6-7,10H,3-5H2,1-2H3,(H2,21,24)(H,22,26)(H,23,25). The Hall–Kier alpha value is -1.62. The lowest BCUT2D eigenvalue weighted by molar-refractivity contribution is -0.117. The number of anilines is 2. The van der Waals surface area contributed by atoms with E-state index in [2.05, 4.69) is 33.2 Å². The third-order valence-electron chi connectivity index (χ3n) is 5.02. The van der Waals surface area contributed by atoms with Crippen LogP contribution >= 0.6 is 34.4 Å². The molecule has 1 aliphatic carbocycles. The number of rotatable bonds is 4. The molecule has 0 saturated heterocycles. The van der Waals surface area contributed by atoms with Crippen LogP contribution in [-0.4, -0.2) is 27.9 Å². The fraction of sp³-hybridized carbons (Fsp3) is 0.389. The molecule has 27 heavy (non-hydrogen) atoms. The van der Waals surface area contributed by atoms with Crippen molar-refractivity contribution in [1.29, 1.82) is 0 Å². The predicted octanol–water partition coefficient (Wildman–Crippen LogP) is 3.06. The van der Waals surface area contributed by atoms with Crippen molar-refractivity contribution < 1.29 is 18.8 Å². The van der Waals surface area contributed by atoms with Crippen molar-refractivity contribution in [3.05, 3.63) is 34.7 Å². The highest BCUT2D eigenvalue weighted by Gasteiger charge is 2.45. The molecule has 1 heterocycles. The van der Waals surface area contributed by atoms with Crippen molar-refractivity contribution in [3.63, 3.8) is 0 Å². The van der Waals surface area contributed by atoms with Gasteiger partial charge in [0.15, 0.2) is 0 Å². The maximum Gasteiger partial charge on any atom is 0.252 e. The first-order valence-electron chi connectivity index (χ1n) is 8.38. The quantitative estimate of drug-likeness (QED) is 0.435. The largest absolute Gasteiger partial charge is 0.366 e. The van der Waals surface area contributed by atoms with E-state index in [4.69, 9.17) is 5.73 Å². The fourth-order valence-corrected chi connectivity index (χ4v) is 5.28. The van der Waals surface area contributed by atoms with Gasteiger partial charge in [-0.15, -0.1) is 11.8 Å². The molecule has 3 rings (SSSR count). The van der Waals surface area contributed by atoms with Crippen LogP contribution in [0.5, 0.6) is 0 Å². The molecular weight excluding hydrogens is 484 g/mol. The topological polar surface area (TPSA) is 101 Å². The summed E-state index contributed by atoms with van der Waals surface area (Å²) in [5.74, 6) is -2.10. The highest BCUT2D eigenvalue weighted by molar-refractivity contribution is 14.1. The Kier molecular flexibility index (Phi) is 5.53. The van der Waals surface area contributed by atoms with Crippen molar-refractivity contribution >= 4 is 63.4 Å². The van der Waals surface area contributed by atoms with E-state index in [1.807, 2.05) is 0 Å². The number of hydrogen-bond donors (Lipinski definition) is 3. The number of nitrogens with one attached hydrogen (secondary N) is 2. The highest BCUT2D eigenvalue weighted by Crippen LogP contribution is 2.49. The van der Waals surface area contributed by atoms with Gasteiger partial charge in [0, 0.05) is 26.3 Å². The Morgan fingerprint density at radius 1 is 1.44 bits per heavy atom. The van der Waals surface area contributed by atoms with Crippen molar-refractivity contribution in [2.75, 3.05) is 16.9 Å². The van der Waals surface area contributed by atoms with Gasteiger partial charge in [0.2, 0.25) is 11.8 Å². The average molecular weight is 503 g/mol. The van der Waals surface area contributed by atoms with Gasteiger partial charge in [-0.1, -0.05) is 22.6 Å². The van der Waals surface area contributed by atoms with Crippen molar-refractivity contribution in [2.24, 2.45) is 5.73 Å². The van der Waals surface area contributed by atoms with Gasteiger partial charge >= 0.3 is 0 Å². The maximum atomic E-state index is 14.6. The number of alkyl halides is 1. The molecule has 0 bridgehead atoms. The number of halogens is 2. The van der Waals surface area contributed by atoms with E-state index in [-0.39, 0.29) is 26.7 Å². The van der Waals surface area contributed by atoms with Crippen LogP contribution in [0.2, 0.25) is 0 Å². The second kappa shape index (κ2) is 7.42. The summed E-state index contributed by atoms with van der Waals surface area (Å²) < 4.78 is 13.5. The fourth-order valence-electron chi connectivity index (χ4n) is 3.50. The Morgan fingerprint density at radius 2 is 2.15 bits per heavy atom. The zero-order valence-corrected chi connectivity index (χ0v) is 17.8. The third-order valence-corrected chi connectivity index (χ3v) is 7.47. The summed E-state index contributed by atoms with van der Waals surface area (Å²) in [4.78, 5) is 37.1. The number of thioether (sulfide) groups is 1. The average Bonchev–Trinajstić information content (AvgIpc) is 2.88. The minimum absolute atomic E-state index is 0.0420. The van der Waals surface area contributed by atoms with Gasteiger partial charge in [-0.3, -0.25) is 14.4 Å². The Labute approximate surface area is 174 Å². The van der Waals surface area contributed by atoms with Gasteiger partial charge in [-0.25, -0.2) is 4.39 Å². The minimum atomic E-state index is -1.03. The van der Waals surface area contributed by atoms with E-state index in [0.717, 1.165) is 12.8 Å². The van der Waals surface area contributed by atoms with E-state index in [0.29, 0.717) is 17.7 Å². The number of benzene rings is 1. The van der Waals surface area contributed by atoms with Gasteiger partial charge in [0.05, 0.1) is 5.69 Å². The normalized spacial score (nSPS) is 24.4. The van der Waals surface area contributed by atoms with Crippen LogP contribution in [0.15, 0.2) is 23.3 Å². The predicted molar refractivity (Wildman–Crippen MR) is 112 cm³/mol. The maximum absolute atomic E-state index is 14.6. The van der Waals surface area contributed by atoms with Gasteiger partial charge < -0.3 is 16.4 Å². The number of amides is 3. The molecule has 0 saturated carbocycles. The molecule has 2 aliphatic rings. The Bertz CT molecular complexity index is 889. The first kappa shape index (κ1) is 20.1. The lowest BCUT2D eigenvalue weighted by atomic mass is 9.90. The summed E-state index contributed by atoms with van der Waals surface area (Å²) >= 11 is 3.35. The second-order valence-electron chi connectivity index (χ2n) is 6.61. The smallest absolute Gasteiger partial charge is 0.252 e. The van der Waals surface area contributed by atoms with Crippen LogP contribution in [0.4, 0.5) is 15.8 Å². The number of fused-ring (bicyclic) bond motifs is 1. The van der Waals surface area contributed by atoms with Crippen LogP contribution in [0.1, 0.15) is 31.7 Å². The molecule has 4 N–H and O–H groups in total. The summed E-state index contributed by atoms with van der Waals surface area (Å²) in [6.45, 7) is 1.68. The van der Waals surface area contributed by atoms with E-state index in [1.165, 1.54) is 23.9 Å². The number of nitrogens with two attached hydrogens (primary N) is 1. The van der Waals surface area contributed by atoms with Crippen LogP contribution in [0, 0.1) is 5.82 Å². The van der Waals surface area contributed by atoms with Crippen LogP contribution < -0.4 is 16.4 Å². The minimum Gasteiger partial charge on any atom is -0.366 e. The lowest BCUT2D eigenvalue weighted by Gasteiger charge is -2.25. The highest BCUT2D eigenvalue weighted by atomic mass is 127. The summed E-state index contributed by atoms with van der Waals surface area (Å²) in [5.41, 5.74) is 6.86. The molecule has 0 fully saturated rings.